The zero-order valence-electron chi connectivity index (χ0n) is 14.3. The van der Waals surface area contributed by atoms with Gasteiger partial charge in [-0.2, -0.15) is 5.10 Å². The molecule has 0 fully saturated rings. The smallest absolute Gasteiger partial charge is 0.281 e. The van der Waals surface area contributed by atoms with Crippen molar-refractivity contribution in [2.75, 3.05) is 0 Å². The van der Waals surface area contributed by atoms with Crippen LogP contribution in [0.2, 0.25) is 5.02 Å². The molecule has 0 unspecified atom stereocenters. The number of nitrogens with one attached hydrogen (secondary N) is 1. The molecule has 0 radical (unpaired) electrons. The molecule has 0 bridgehead atoms. The molecule has 0 amide bonds. The van der Waals surface area contributed by atoms with Crippen molar-refractivity contribution in [1.82, 2.24) is 24.5 Å². The van der Waals surface area contributed by atoms with Gasteiger partial charge in [0, 0.05) is 17.6 Å². The van der Waals surface area contributed by atoms with Crippen LogP contribution in [0.4, 0.5) is 0 Å². The summed E-state index contributed by atoms with van der Waals surface area (Å²) < 4.78 is 3.22. The van der Waals surface area contributed by atoms with Crippen molar-refractivity contribution in [3.05, 3.63) is 76.2 Å². The first-order valence-corrected chi connectivity index (χ1v) is 8.79. The molecule has 7 heteroatoms. The van der Waals surface area contributed by atoms with E-state index >= 15 is 0 Å². The Labute approximate surface area is 158 Å². The highest BCUT2D eigenvalue weighted by atomic mass is 35.5. The van der Waals surface area contributed by atoms with E-state index in [-0.39, 0.29) is 5.56 Å². The molecule has 0 aliphatic heterocycles. The lowest BCUT2D eigenvalue weighted by Gasteiger charge is -2.03. The van der Waals surface area contributed by atoms with Crippen LogP contribution in [0.3, 0.4) is 0 Å². The second-order valence-corrected chi connectivity index (χ2v) is 6.75. The van der Waals surface area contributed by atoms with Crippen LogP contribution in [0.15, 0.2) is 65.6 Å². The third kappa shape index (κ3) is 2.38. The highest BCUT2D eigenvalue weighted by Crippen LogP contribution is 2.29. The Bertz CT molecular complexity index is 1350. The monoisotopic (exact) mass is 375 g/mol. The highest BCUT2D eigenvalue weighted by Gasteiger charge is 2.20. The maximum Gasteiger partial charge on any atom is 0.281 e. The molecular formula is C20H14ClN5O. The first-order chi connectivity index (χ1) is 13.1. The van der Waals surface area contributed by atoms with E-state index in [0.717, 1.165) is 10.9 Å². The van der Waals surface area contributed by atoms with Crippen LogP contribution >= 0.6 is 11.6 Å². The van der Waals surface area contributed by atoms with Crippen LogP contribution in [0.1, 0.15) is 0 Å². The molecule has 2 aromatic carbocycles. The minimum Gasteiger partial charge on any atom is -0.289 e. The molecule has 0 atom stereocenters. The maximum absolute atomic E-state index is 13.3. The summed E-state index contributed by atoms with van der Waals surface area (Å²) in [6.07, 6.45) is 1.72. The van der Waals surface area contributed by atoms with Gasteiger partial charge in [0.2, 0.25) is 0 Å². The summed E-state index contributed by atoms with van der Waals surface area (Å²) in [4.78, 5) is 18.1. The number of benzene rings is 2. The van der Waals surface area contributed by atoms with Gasteiger partial charge in [-0.1, -0.05) is 41.9 Å². The fourth-order valence-electron chi connectivity index (χ4n) is 3.33. The van der Waals surface area contributed by atoms with E-state index in [0.29, 0.717) is 33.0 Å². The minimum atomic E-state index is -0.163. The molecule has 0 aliphatic carbocycles. The third-order valence-electron chi connectivity index (χ3n) is 4.65. The lowest BCUT2D eigenvalue weighted by Crippen LogP contribution is -2.14. The molecule has 0 saturated heterocycles. The Morgan fingerprint density at radius 3 is 2.52 bits per heavy atom. The molecule has 0 spiro atoms. The van der Waals surface area contributed by atoms with E-state index in [9.17, 15) is 4.79 Å². The summed E-state index contributed by atoms with van der Waals surface area (Å²) >= 11 is 5.99. The zero-order valence-corrected chi connectivity index (χ0v) is 15.1. The van der Waals surface area contributed by atoms with E-state index in [1.165, 1.54) is 4.68 Å². The van der Waals surface area contributed by atoms with Crippen LogP contribution in [0.5, 0.6) is 0 Å². The van der Waals surface area contributed by atoms with E-state index in [1.807, 2.05) is 37.4 Å². The Morgan fingerprint density at radius 2 is 1.78 bits per heavy atom. The van der Waals surface area contributed by atoms with Crippen LogP contribution in [-0.2, 0) is 7.05 Å². The Kier molecular flexibility index (Phi) is 3.42. The summed E-state index contributed by atoms with van der Waals surface area (Å²) in [7, 11) is 1.84. The van der Waals surface area contributed by atoms with Gasteiger partial charge < -0.3 is 0 Å². The largest absolute Gasteiger partial charge is 0.289 e. The van der Waals surface area contributed by atoms with Crippen molar-refractivity contribution in [2.45, 2.75) is 0 Å². The summed E-state index contributed by atoms with van der Waals surface area (Å²) in [6.45, 7) is 0. The Morgan fingerprint density at radius 1 is 1.04 bits per heavy atom. The van der Waals surface area contributed by atoms with Gasteiger partial charge in [0.25, 0.3) is 5.56 Å². The fraction of sp³-hybridized carbons (Fsp3) is 0.0500. The number of halogens is 1. The summed E-state index contributed by atoms with van der Waals surface area (Å²) in [5.41, 5.74) is 3.49. The van der Waals surface area contributed by atoms with Crippen molar-refractivity contribution in [1.29, 1.82) is 0 Å². The lowest BCUT2D eigenvalue weighted by molar-refractivity contribution is 0.787. The van der Waals surface area contributed by atoms with Crippen molar-refractivity contribution < 1.29 is 0 Å². The minimum absolute atomic E-state index is 0.163. The lowest BCUT2D eigenvalue weighted by atomic mass is 10.1. The van der Waals surface area contributed by atoms with Crippen LogP contribution in [0, 0.1) is 0 Å². The number of pyridine rings is 1. The number of rotatable bonds is 2. The number of H-pyrrole nitrogens is 1. The molecule has 5 aromatic rings. The molecule has 0 saturated carbocycles. The topological polar surface area (TPSA) is 68.5 Å². The number of aryl methyl sites for hydroxylation is 1. The van der Waals surface area contributed by atoms with E-state index < -0.39 is 0 Å². The first-order valence-electron chi connectivity index (χ1n) is 8.41. The van der Waals surface area contributed by atoms with Crippen molar-refractivity contribution >= 4 is 33.5 Å². The number of fused-ring (bicyclic) bond motifs is 3. The van der Waals surface area contributed by atoms with Gasteiger partial charge in [-0.15, -0.1) is 0 Å². The zero-order chi connectivity index (χ0) is 18.5. The number of aromatic amines is 1. The molecule has 132 valence electrons. The molecule has 3 heterocycles. The van der Waals surface area contributed by atoms with E-state index in [4.69, 9.17) is 16.6 Å². The molecule has 1 N–H and O–H groups in total. The molecule has 5 rings (SSSR count). The van der Waals surface area contributed by atoms with Gasteiger partial charge in [-0.25, -0.2) is 9.67 Å². The number of aromatic nitrogens is 5. The third-order valence-corrected chi connectivity index (χ3v) is 4.91. The average Bonchev–Trinajstić information content (AvgIpc) is 3.23. The summed E-state index contributed by atoms with van der Waals surface area (Å²) in [6, 6.07) is 16.8. The second kappa shape index (κ2) is 5.82. The normalized spacial score (nSPS) is 11.5. The quantitative estimate of drug-likeness (QED) is 0.508. The fourth-order valence-corrected chi connectivity index (χ4v) is 3.46. The van der Waals surface area contributed by atoms with Crippen molar-refractivity contribution in [3.63, 3.8) is 0 Å². The molecular weight excluding hydrogens is 362 g/mol. The molecule has 27 heavy (non-hydrogen) atoms. The van der Waals surface area contributed by atoms with Crippen LogP contribution in [0.25, 0.3) is 38.9 Å². The SMILES string of the molecule is Cn1ncc2c3[nH]n(-c4ccc(Cl)cc4)c(=O)c3c(-c3ccccc3)nc21. The molecule has 3 aromatic heterocycles. The van der Waals surface area contributed by atoms with Crippen molar-refractivity contribution in [2.24, 2.45) is 7.05 Å². The van der Waals surface area contributed by atoms with E-state index in [1.54, 1.807) is 35.1 Å². The number of nitrogens with zero attached hydrogens (tertiary/aromatic N) is 4. The van der Waals surface area contributed by atoms with Gasteiger partial charge in [0.05, 0.1) is 33.9 Å². The van der Waals surface area contributed by atoms with Crippen LogP contribution in [-0.4, -0.2) is 24.5 Å². The predicted octanol–water partition coefficient (Wildman–Crippen LogP) is 3.92. The summed E-state index contributed by atoms with van der Waals surface area (Å²) in [5.74, 6) is 0. The van der Waals surface area contributed by atoms with Gasteiger partial charge in [0.1, 0.15) is 0 Å². The van der Waals surface area contributed by atoms with Gasteiger partial charge in [0.15, 0.2) is 5.65 Å². The van der Waals surface area contributed by atoms with Gasteiger partial charge in [-0.3, -0.25) is 14.6 Å². The standard InChI is InChI=1S/C20H14ClN5O/c1-25-19-15(11-22-25)18-16(17(23-19)12-5-3-2-4-6-12)20(27)26(24-18)14-9-7-13(21)8-10-14/h2-11,24H,1H3. The highest BCUT2D eigenvalue weighted by molar-refractivity contribution is 6.30. The molecule has 0 aliphatic rings. The predicted molar refractivity (Wildman–Crippen MR) is 106 cm³/mol. The summed E-state index contributed by atoms with van der Waals surface area (Å²) in [5, 5.41) is 9.50. The average molecular weight is 376 g/mol. The maximum atomic E-state index is 13.3. The first kappa shape index (κ1) is 15.8. The second-order valence-electron chi connectivity index (χ2n) is 6.31. The number of hydrogen-bond acceptors (Lipinski definition) is 3. The number of hydrogen-bond donors (Lipinski definition) is 1. The van der Waals surface area contributed by atoms with Crippen LogP contribution < -0.4 is 5.56 Å². The van der Waals surface area contributed by atoms with E-state index in [2.05, 4.69) is 10.2 Å². The Hall–Kier alpha value is -3.38. The molecule has 6 nitrogen and oxygen atoms in total. The van der Waals surface area contributed by atoms with Crippen molar-refractivity contribution in [3.8, 4) is 16.9 Å². The van der Waals surface area contributed by atoms with Gasteiger partial charge >= 0.3 is 0 Å². The Balaban J connectivity index is 1.92. The van der Waals surface area contributed by atoms with Gasteiger partial charge in [-0.05, 0) is 24.3 Å².